The second-order valence-corrected chi connectivity index (χ2v) is 4.32. The van der Waals surface area contributed by atoms with E-state index in [1.54, 1.807) is 24.3 Å². The molecule has 0 heterocycles. The van der Waals surface area contributed by atoms with Gasteiger partial charge >= 0.3 is 5.97 Å². The predicted molar refractivity (Wildman–Crippen MR) is 77.5 cm³/mol. The zero-order valence-corrected chi connectivity index (χ0v) is 11.1. The third kappa shape index (κ3) is 4.65. The van der Waals surface area contributed by atoms with Crippen molar-refractivity contribution >= 4 is 11.7 Å². The van der Waals surface area contributed by atoms with Crippen LogP contribution >= 0.6 is 0 Å². The van der Waals surface area contributed by atoms with Gasteiger partial charge in [0.05, 0.1) is 6.61 Å². The lowest BCUT2D eigenvalue weighted by molar-refractivity contribution is -0.145. The summed E-state index contributed by atoms with van der Waals surface area (Å²) in [5, 5.41) is 0. The lowest BCUT2D eigenvalue weighted by Gasteiger charge is -2.07. The molecule has 2 aromatic carbocycles. The molecular weight excluding hydrogens is 254 g/mol. The molecule has 0 aliphatic heterocycles. The van der Waals surface area contributed by atoms with E-state index in [9.17, 15) is 4.79 Å². The zero-order valence-electron chi connectivity index (χ0n) is 11.1. The lowest BCUT2D eigenvalue weighted by Crippen LogP contribution is -2.16. The van der Waals surface area contributed by atoms with E-state index in [-0.39, 0.29) is 12.6 Å². The minimum absolute atomic E-state index is 0.113. The molecule has 0 saturated carbocycles. The fourth-order valence-corrected chi connectivity index (χ4v) is 1.72. The Morgan fingerprint density at radius 1 is 1.05 bits per heavy atom. The number of nitrogens with two attached hydrogens (primary N) is 1. The van der Waals surface area contributed by atoms with Crippen LogP contribution in [0.1, 0.15) is 5.56 Å². The molecule has 2 N–H and O–H groups in total. The standard InChI is InChI=1S/C16H17NO3/c17-14-7-4-8-15(11-14)20-12-16(18)19-10-9-13-5-2-1-3-6-13/h1-8,11H,9-10,12,17H2. The predicted octanol–water partition coefficient (Wildman–Crippen LogP) is 2.43. The molecule has 0 aromatic heterocycles. The monoisotopic (exact) mass is 271 g/mol. The molecule has 0 fully saturated rings. The number of carbonyl (C=O) groups excluding carboxylic acids is 1. The summed E-state index contributed by atoms with van der Waals surface area (Å²) in [4.78, 5) is 11.5. The Kier molecular flexibility index (Phi) is 5.00. The maximum absolute atomic E-state index is 11.5. The summed E-state index contributed by atoms with van der Waals surface area (Å²) in [6.45, 7) is 0.237. The van der Waals surface area contributed by atoms with Gasteiger partial charge in [0, 0.05) is 18.2 Å². The summed E-state index contributed by atoms with van der Waals surface area (Å²) in [6.07, 6.45) is 0.699. The molecule has 20 heavy (non-hydrogen) atoms. The summed E-state index contributed by atoms with van der Waals surface area (Å²) in [7, 11) is 0. The van der Waals surface area contributed by atoms with Gasteiger partial charge in [-0.05, 0) is 17.7 Å². The van der Waals surface area contributed by atoms with Crippen LogP contribution in [0.3, 0.4) is 0 Å². The fraction of sp³-hybridized carbons (Fsp3) is 0.188. The van der Waals surface area contributed by atoms with Crippen molar-refractivity contribution in [2.24, 2.45) is 0 Å². The first kappa shape index (κ1) is 13.9. The quantitative estimate of drug-likeness (QED) is 0.647. The summed E-state index contributed by atoms with van der Waals surface area (Å²) in [6, 6.07) is 16.8. The Morgan fingerprint density at radius 2 is 1.85 bits per heavy atom. The third-order valence-electron chi connectivity index (χ3n) is 2.71. The van der Waals surface area contributed by atoms with Gasteiger partial charge in [-0.2, -0.15) is 0 Å². The minimum Gasteiger partial charge on any atom is -0.482 e. The van der Waals surface area contributed by atoms with Gasteiger partial charge in [-0.1, -0.05) is 36.4 Å². The fourth-order valence-electron chi connectivity index (χ4n) is 1.72. The maximum Gasteiger partial charge on any atom is 0.344 e. The Morgan fingerprint density at radius 3 is 2.60 bits per heavy atom. The number of anilines is 1. The number of hydrogen-bond acceptors (Lipinski definition) is 4. The number of nitrogen functional groups attached to an aromatic ring is 1. The summed E-state index contributed by atoms with van der Waals surface area (Å²) in [5.74, 6) is 0.174. The highest BCUT2D eigenvalue weighted by molar-refractivity contribution is 5.71. The average molecular weight is 271 g/mol. The van der Waals surface area contributed by atoms with Gasteiger partial charge in [-0.25, -0.2) is 4.79 Å². The van der Waals surface area contributed by atoms with Crippen molar-refractivity contribution < 1.29 is 14.3 Å². The third-order valence-corrected chi connectivity index (χ3v) is 2.71. The first-order valence-corrected chi connectivity index (χ1v) is 6.42. The normalized spacial score (nSPS) is 10.0. The molecule has 0 bridgehead atoms. The van der Waals surface area contributed by atoms with E-state index in [4.69, 9.17) is 15.2 Å². The highest BCUT2D eigenvalue weighted by atomic mass is 16.6. The first-order valence-electron chi connectivity index (χ1n) is 6.42. The Labute approximate surface area is 118 Å². The number of ether oxygens (including phenoxy) is 2. The van der Waals surface area contributed by atoms with Gasteiger partial charge in [0.2, 0.25) is 0 Å². The first-order chi connectivity index (χ1) is 9.74. The molecule has 2 aromatic rings. The van der Waals surface area contributed by atoms with Crippen LogP contribution < -0.4 is 10.5 Å². The van der Waals surface area contributed by atoms with Crippen molar-refractivity contribution in [2.45, 2.75) is 6.42 Å². The van der Waals surface area contributed by atoms with Crippen molar-refractivity contribution in [3.63, 3.8) is 0 Å². The van der Waals surface area contributed by atoms with E-state index in [1.165, 1.54) is 0 Å². The van der Waals surface area contributed by atoms with Crippen LogP contribution in [0.4, 0.5) is 5.69 Å². The number of benzene rings is 2. The second-order valence-electron chi connectivity index (χ2n) is 4.32. The lowest BCUT2D eigenvalue weighted by atomic mass is 10.2. The van der Waals surface area contributed by atoms with Crippen LogP contribution in [-0.2, 0) is 16.0 Å². The molecule has 0 saturated heterocycles. The molecule has 0 amide bonds. The van der Waals surface area contributed by atoms with E-state index >= 15 is 0 Å². The summed E-state index contributed by atoms with van der Waals surface area (Å²) in [5.41, 5.74) is 7.35. The van der Waals surface area contributed by atoms with Gasteiger partial charge in [0.25, 0.3) is 0 Å². The van der Waals surface area contributed by atoms with Gasteiger partial charge in [0.15, 0.2) is 6.61 Å². The van der Waals surface area contributed by atoms with E-state index in [0.29, 0.717) is 24.5 Å². The molecule has 0 atom stereocenters. The van der Waals surface area contributed by atoms with Crippen LogP contribution in [0, 0.1) is 0 Å². The topological polar surface area (TPSA) is 61.5 Å². The molecule has 104 valence electrons. The molecular formula is C16H17NO3. The molecule has 0 aliphatic rings. The Hall–Kier alpha value is -2.49. The smallest absolute Gasteiger partial charge is 0.344 e. The van der Waals surface area contributed by atoms with Crippen molar-refractivity contribution in [2.75, 3.05) is 18.9 Å². The highest BCUT2D eigenvalue weighted by Crippen LogP contribution is 2.14. The van der Waals surface area contributed by atoms with Gasteiger partial charge < -0.3 is 15.2 Å². The average Bonchev–Trinajstić information content (AvgIpc) is 2.46. The minimum atomic E-state index is -0.386. The molecule has 4 nitrogen and oxygen atoms in total. The summed E-state index contributed by atoms with van der Waals surface area (Å²) >= 11 is 0. The summed E-state index contributed by atoms with van der Waals surface area (Å²) < 4.78 is 10.4. The number of hydrogen-bond donors (Lipinski definition) is 1. The van der Waals surface area contributed by atoms with E-state index in [2.05, 4.69) is 0 Å². The number of esters is 1. The van der Waals surface area contributed by atoms with Crippen LogP contribution in [-0.4, -0.2) is 19.2 Å². The van der Waals surface area contributed by atoms with Crippen molar-refractivity contribution in [3.8, 4) is 5.75 Å². The van der Waals surface area contributed by atoms with Crippen LogP contribution in [0.15, 0.2) is 54.6 Å². The Balaban J connectivity index is 1.68. The number of carbonyl (C=O) groups is 1. The van der Waals surface area contributed by atoms with Crippen LogP contribution in [0.25, 0.3) is 0 Å². The van der Waals surface area contributed by atoms with Gasteiger partial charge in [-0.15, -0.1) is 0 Å². The van der Waals surface area contributed by atoms with Crippen molar-refractivity contribution in [1.29, 1.82) is 0 Å². The van der Waals surface area contributed by atoms with Crippen LogP contribution in [0.2, 0.25) is 0 Å². The van der Waals surface area contributed by atoms with Crippen molar-refractivity contribution in [3.05, 3.63) is 60.2 Å². The van der Waals surface area contributed by atoms with E-state index in [0.717, 1.165) is 5.56 Å². The molecule has 2 rings (SSSR count). The molecule has 0 aliphatic carbocycles. The SMILES string of the molecule is Nc1cccc(OCC(=O)OCCc2ccccc2)c1. The van der Waals surface area contributed by atoms with Crippen LogP contribution in [0.5, 0.6) is 5.75 Å². The molecule has 4 heteroatoms. The van der Waals surface area contributed by atoms with Gasteiger partial charge in [-0.3, -0.25) is 0 Å². The van der Waals surface area contributed by atoms with E-state index < -0.39 is 0 Å². The zero-order chi connectivity index (χ0) is 14.2. The Bertz CT molecular complexity index is 555. The van der Waals surface area contributed by atoms with E-state index in [1.807, 2.05) is 30.3 Å². The molecule has 0 radical (unpaired) electrons. The van der Waals surface area contributed by atoms with Gasteiger partial charge in [0.1, 0.15) is 5.75 Å². The molecule has 0 unspecified atom stereocenters. The highest BCUT2D eigenvalue weighted by Gasteiger charge is 2.04. The maximum atomic E-state index is 11.5. The van der Waals surface area contributed by atoms with Crippen molar-refractivity contribution in [1.82, 2.24) is 0 Å². The largest absolute Gasteiger partial charge is 0.482 e. The second kappa shape index (κ2) is 7.19. The number of rotatable bonds is 6. The molecule has 0 spiro atoms.